The van der Waals surface area contributed by atoms with Gasteiger partial charge < -0.3 is 19.5 Å². The van der Waals surface area contributed by atoms with Gasteiger partial charge in [0.2, 0.25) is 0 Å². The molecule has 25 heavy (non-hydrogen) atoms. The van der Waals surface area contributed by atoms with Gasteiger partial charge in [0.15, 0.2) is 0 Å². The van der Waals surface area contributed by atoms with Gasteiger partial charge in [0.05, 0.1) is 25.9 Å². The zero-order valence-corrected chi connectivity index (χ0v) is 15.6. The molecule has 1 heterocycles. The van der Waals surface area contributed by atoms with E-state index in [0.717, 1.165) is 38.3 Å². The third-order valence-corrected chi connectivity index (χ3v) is 5.56. The van der Waals surface area contributed by atoms with Crippen LogP contribution >= 0.6 is 0 Å². The maximum atomic E-state index is 10.3. The molecule has 0 unspecified atom stereocenters. The van der Waals surface area contributed by atoms with E-state index in [0.29, 0.717) is 25.2 Å². The molecule has 1 aromatic rings. The first-order chi connectivity index (χ1) is 12.2. The van der Waals surface area contributed by atoms with Crippen molar-refractivity contribution >= 4 is 5.69 Å². The van der Waals surface area contributed by atoms with Gasteiger partial charge in [-0.25, -0.2) is 0 Å². The van der Waals surface area contributed by atoms with Crippen LogP contribution in [-0.4, -0.2) is 68.7 Å². The minimum absolute atomic E-state index is 0.349. The molecular weight excluding hydrogens is 316 g/mol. The van der Waals surface area contributed by atoms with Gasteiger partial charge in [-0.05, 0) is 43.0 Å². The highest BCUT2D eigenvalue weighted by atomic mass is 16.5. The fraction of sp³-hybridized carbons (Fsp3) is 0.700. The summed E-state index contributed by atoms with van der Waals surface area (Å²) in [5, 5.41) is 10.3. The average Bonchev–Trinajstić information content (AvgIpc) is 3.06. The Morgan fingerprint density at radius 1 is 1.12 bits per heavy atom. The van der Waals surface area contributed by atoms with Crippen LogP contribution in [0.25, 0.3) is 0 Å². The number of anilines is 1. The van der Waals surface area contributed by atoms with E-state index in [2.05, 4.69) is 28.9 Å². The largest absolute Gasteiger partial charge is 0.497 e. The predicted molar refractivity (Wildman–Crippen MR) is 100 cm³/mol. The number of hydrogen-bond acceptors (Lipinski definition) is 5. The molecule has 0 aromatic heterocycles. The molecule has 1 aromatic carbocycles. The van der Waals surface area contributed by atoms with E-state index >= 15 is 0 Å². The van der Waals surface area contributed by atoms with Crippen molar-refractivity contribution in [2.75, 3.05) is 51.3 Å². The summed E-state index contributed by atoms with van der Waals surface area (Å²) >= 11 is 0. The van der Waals surface area contributed by atoms with Crippen LogP contribution in [-0.2, 0) is 4.74 Å². The lowest BCUT2D eigenvalue weighted by atomic mass is 10.1. The van der Waals surface area contributed by atoms with E-state index in [1.165, 1.54) is 18.5 Å². The summed E-state index contributed by atoms with van der Waals surface area (Å²) in [7, 11) is 1.69. The first-order valence-electron chi connectivity index (χ1n) is 9.56. The number of piperazine rings is 1. The van der Waals surface area contributed by atoms with Crippen LogP contribution in [0.5, 0.6) is 5.75 Å². The van der Waals surface area contributed by atoms with Gasteiger partial charge in [-0.3, -0.25) is 4.90 Å². The zero-order valence-electron chi connectivity index (χ0n) is 15.6. The van der Waals surface area contributed by atoms with Crippen molar-refractivity contribution in [3.8, 4) is 5.75 Å². The second kappa shape index (κ2) is 8.88. The topological polar surface area (TPSA) is 45.2 Å². The van der Waals surface area contributed by atoms with Gasteiger partial charge in [-0.15, -0.1) is 0 Å². The molecule has 1 N–H and O–H groups in total. The first kappa shape index (κ1) is 18.5. The number of rotatable bonds is 7. The lowest BCUT2D eigenvalue weighted by molar-refractivity contribution is -0.0321. The third kappa shape index (κ3) is 5.09. The maximum absolute atomic E-state index is 10.3. The highest BCUT2D eigenvalue weighted by molar-refractivity contribution is 5.49. The smallest absolute Gasteiger partial charge is 0.119 e. The van der Waals surface area contributed by atoms with Gasteiger partial charge in [0, 0.05) is 38.4 Å². The summed E-state index contributed by atoms with van der Waals surface area (Å²) in [6, 6.07) is 8.24. The van der Waals surface area contributed by atoms with Gasteiger partial charge in [-0.2, -0.15) is 0 Å². The molecule has 3 atom stereocenters. The summed E-state index contributed by atoms with van der Waals surface area (Å²) in [5.41, 5.74) is 1.24. The number of nitrogens with zero attached hydrogens (tertiary/aromatic N) is 2. The number of methoxy groups -OCH3 is 1. The van der Waals surface area contributed by atoms with E-state index < -0.39 is 0 Å². The molecule has 0 spiro atoms. The number of aliphatic hydroxyl groups excluding tert-OH is 1. The molecule has 3 rings (SSSR count). The maximum Gasteiger partial charge on any atom is 0.119 e. The minimum Gasteiger partial charge on any atom is -0.497 e. The van der Waals surface area contributed by atoms with Gasteiger partial charge in [0.1, 0.15) is 5.75 Å². The predicted octanol–water partition coefficient (Wildman–Crippen LogP) is 2.38. The van der Waals surface area contributed by atoms with Crippen LogP contribution in [0, 0.1) is 5.92 Å². The van der Waals surface area contributed by atoms with E-state index in [1.54, 1.807) is 7.11 Å². The van der Waals surface area contributed by atoms with Crippen LogP contribution < -0.4 is 9.64 Å². The van der Waals surface area contributed by atoms with Crippen molar-refractivity contribution < 1.29 is 14.6 Å². The van der Waals surface area contributed by atoms with Gasteiger partial charge >= 0.3 is 0 Å². The summed E-state index contributed by atoms with van der Waals surface area (Å²) in [5.74, 6) is 1.53. The molecule has 1 aliphatic heterocycles. The van der Waals surface area contributed by atoms with Crippen molar-refractivity contribution in [3.05, 3.63) is 24.3 Å². The van der Waals surface area contributed by atoms with Gasteiger partial charge in [0.25, 0.3) is 0 Å². The SMILES string of the molecule is COc1ccc(N2CCN(C[C@@H](O)CO[C@H]3CCC[C@@H]3C)CC2)cc1. The van der Waals surface area contributed by atoms with Crippen LogP contribution in [0.4, 0.5) is 5.69 Å². The van der Waals surface area contributed by atoms with Crippen molar-refractivity contribution in [2.45, 2.75) is 38.4 Å². The molecule has 0 radical (unpaired) electrons. The number of benzene rings is 1. The molecule has 5 heteroatoms. The molecule has 0 amide bonds. The third-order valence-electron chi connectivity index (χ3n) is 5.56. The first-order valence-corrected chi connectivity index (χ1v) is 9.56. The Bertz CT molecular complexity index is 514. The molecule has 1 aliphatic carbocycles. The molecule has 2 fully saturated rings. The summed E-state index contributed by atoms with van der Waals surface area (Å²) < 4.78 is 11.1. The Labute approximate surface area is 151 Å². The average molecular weight is 348 g/mol. The number of ether oxygens (including phenoxy) is 2. The Kier molecular flexibility index (Phi) is 6.57. The van der Waals surface area contributed by atoms with E-state index in [-0.39, 0.29) is 6.10 Å². The monoisotopic (exact) mass is 348 g/mol. The molecule has 140 valence electrons. The molecule has 1 saturated carbocycles. The van der Waals surface area contributed by atoms with Crippen LogP contribution in [0.2, 0.25) is 0 Å². The zero-order chi connectivity index (χ0) is 17.6. The fourth-order valence-corrected chi connectivity index (χ4v) is 3.93. The number of β-amino-alcohol motifs (C(OH)–C–C–N with tert-alkyl or cyclic N) is 1. The number of aliphatic hydroxyl groups is 1. The Morgan fingerprint density at radius 2 is 1.84 bits per heavy atom. The Hall–Kier alpha value is -1.30. The van der Waals surface area contributed by atoms with Gasteiger partial charge in [-0.1, -0.05) is 13.3 Å². The molecule has 2 aliphatic rings. The molecular formula is C20H32N2O3. The quantitative estimate of drug-likeness (QED) is 0.820. The minimum atomic E-state index is -0.389. The lowest BCUT2D eigenvalue weighted by Gasteiger charge is -2.37. The molecule has 0 bridgehead atoms. The van der Waals surface area contributed by atoms with Crippen molar-refractivity contribution in [2.24, 2.45) is 5.92 Å². The normalized spacial score (nSPS) is 26.0. The molecule has 1 saturated heterocycles. The van der Waals surface area contributed by atoms with Crippen LogP contribution in [0.15, 0.2) is 24.3 Å². The summed E-state index contributed by atoms with van der Waals surface area (Å²) in [4.78, 5) is 4.73. The summed E-state index contributed by atoms with van der Waals surface area (Å²) in [6.45, 7) is 7.35. The second-order valence-electron chi connectivity index (χ2n) is 7.42. The van der Waals surface area contributed by atoms with Crippen LogP contribution in [0.3, 0.4) is 0 Å². The number of hydrogen-bond donors (Lipinski definition) is 1. The second-order valence-corrected chi connectivity index (χ2v) is 7.42. The van der Waals surface area contributed by atoms with Crippen molar-refractivity contribution in [3.63, 3.8) is 0 Å². The van der Waals surface area contributed by atoms with Crippen molar-refractivity contribution in [1.29, 1.82) is 0 Å². The standard InChI is InChI=1S/C20H32N2O3/c1-16-4-3-5-20(16)25-15-18(23)14-21-10-12-22(13-11-21)17-6-8-19(24-2)9-7-17/h6-9,16,18,20,23H,3-5,10-15H2,1-2H3/t16-,18+,20-/m0/s1. The highest BCUT2D eigenvalue weighted by Gasteiger charge is 2.25. The Balaban J connectivity index is 1.38. The molecule has 5 nitrogen and oxygen atoms in total. The highest BCUT2D eigenvalue weighted by Crippen LogP contribution is 2.27. The van der Waals surface area contributed by atoms with Crippen LogP contribution in [0.1, 0.15) is 26.2 Å². The van der Waals surface area contributed by atoms with E-state index in [1.807, 2.05) is 12.1 Å². The Morgan fingerprint density at radius 3 is 2.44 bits per heavy atom. The van der Waals surface area contributed by atoms with E-state index in [4.69, 9.17) is 9.47 Å². The fourth-order valence-electron chi connectivity index (χ4n) is 3.93. The summed E-state index contributed by atoms with van der Waals surface area (Å²) in [6.07, 6.45) is 3.62. The lowest BCUT2D eigenvalue weighted by Crippen LogP contribution is -2.49. The van der Waals surface area contributed by atoms with Crippen molar-refractivity contribution in [1.82, 2.24) is 4.90 Å². The van der Waals surface area contributed by atoms with E-state index in [9.17, 15) is 5.11 Å².